The van der Waals surface area contributed by atoms with Crippen molar-refractivity contribution in [1.29, 1.82) is 0 Å². The minimum Gasteiger partial charge on any atom is -0.391 e. The van der Waals surface area contributed by atoms with Crippen molar-refractivity contribution in [3.05, 3.63) is 0 Å². The molecule has 1 amide bonds. The summed E-state index contributed by atoms with van der Waals surface area (Å²) in [5.41, 5.74) is 0. The van der Waals surface area contributed by atoms with Gasteiger partial charge in [0.05, 0.1) is 39.9 Å². The van der Waals surface area contributed by atoms with Crippen molar-refractivity contribution in [3.8, 4) is 0 Å². The number of nitrogens with one attached hydrogen (secondary N) is 1. The zero-order valence-corrected chi connectivity index (χ0v) is 58.8. The van der Waals surface area contributed by atoms with Crippen LogP contribution in [0, 0.1) is 0 Å². The summed E-state index contributed by atoms with van der Waals surface area (Å²) in [6.07, 6.45) is 85.3. The maximum absolute atomic E-state index is 13.1. The first-order valence-corrected chi connectivity index (χ1v) is 39.9. The van der Waals surface area contributed by atoms with Crippen LogP contribution in [0.1, 0.15) is 425 Å². The van der Waals surface area contributed by atoms with Gasteiger partial charge in [-0.3, -0.25) is 13.8 Å². The van der Waals surface area contributed by atoms with Gasteiger partial charge in [0.25, 0.3) is 0 Å². The molecule has 0 bridgehead atoms. The summed E-state index contributed by atoms with van der Waals surface area (Å²) >= 11 is 0. The van der Waals surface area contributed by atoms with Crippen molar-refractivity contribution >= 4 is 13.7 Å². The molecule has 3 unspecified atom stereocenters. The van der Waals surface area contributed by atoms with E-state index in [1.54, 1.807) is 0 Å². The normalized spacial score (nSPS) is 13.5. The third-order valence-electron chi connectivity index (χ3n) is 18.4. The van der Waals surface area contributed by atoms with E-state index >= 15 is 0 Å². The molecule has 0 spiro atoms. The van der Waals surface area contributed by atoms with Crippen LogP contribution in [0.15, 0.2) is 0 Å². The molecule has 0 heterocycles. The average Bonchev–Trinajstić information content (AvgIpc) is 3.56. The Morgan fingerprint density at radius 2 is 0.571 bits per heavy atom. The molecule has 8 nitrogen and oxygen atoms in total. The minimum absolute atomic E-state index is 0.0796. The number of unbranched alkanes of at least 4 members (excludes halogenated alkanes) is 60. The number of aliphatic hydroxyl groups is 1. The quantitative estimate of drug-likeness (QED) is 0.0318. The van der Waals surface area contributed by atoms with Gasteiger partial charge in [-0.2, -0.15) is 0 Å². The Morgan fingerprint density at radius 1 is 0.357 bits per heavy atom. The lowest BCUT2D eigenvalue weighted by Gasteiger charge is -2.26. The van der Waals surface area contributed by atoms with Crippen LogP contribution in [0.4, 0.5) is 0 Å². The number of hydrogen-bond acceptors (Lipinski definition) is 5. The smallest absolute Gasteiger partial charge is 0.391 e. The van der Waals surface area contributed by atoms with Gasteiger partial charge < -0.3 is 19.8 Å². The van der Waals surface area contributed by atoms with Gasteiger partial charge in [0, 0.05) is 6.42 Å². The fraction of sp³-hybridized carbons (Fsp3) is 0.987. The molecule has 84 heavy (non-hydrogen) atoms. The lowest BCUT2D eigenvalue weighted by Crippen LogP contribution is -2.46. The van der Waals surface area contributed by atoms with Gasteiger partial charge in [-0.25, -0.2) is 4.57 Å². The van der Waals surface area contributed by atoms with E-state index in [2.05, 4.69) is 19.2 Å². The summed E-state index contributed by atoms with van der Waals surface area (Å²) in [7, 11) is 1.65. The Bertz CT molecular complexity index is 1330. The number of carbonyl (C=O) groups is 1. The highest BCUT2D eigenvalue weighted by molar-refractivity contribution is 7.47. The topological polar surface area (TPSA) is 105 Å². The van der Waals surface area contributed by atoms with Crippen molar-refractivity contribution in [3.63, 3.8) is 0 Å². The van der Waals surface area contributed by atoms with E-state index in [0.29, 0.717) is 23.9 Å². The molecule has 0 rings (SSSR count). The molecular weight excluding hydrogens is 1060 g/mol. The SMILES string of the molecule is CCCCCCCCCCCCCCCCCCCCCCCCCCCCCCCCCCC(O)C(COP(=O)(O)OCC[N+](C)(C)C)NC(=O)CCCCCCCCCCCCCCCCCCCCCCCCCCCCCCCC. The Balaban J connectivity index is 3.93. The van der Waals surface area contributed by atoms with Crippen LogP contribution in [-0.2, 0) is 18.4 Å². The Kier molecular flexibility index (Phi) is 66.5. The predicted molar refractivity (Wildman–Crippen MR) is 369 cm³/mol. The van der Waals surface area contributed by atoms with Crippen molar-refractivity contribution < 1.29 is 32.9 Å². The van der Waals surface area contributed by atoms with E-state index in [-0.39, 0.29) is 19.1 Å². The van der Waals surface area contributed by atoms with Gasteiger partial charge in [0.1, 0.15) is 13.2 Å². The molecule has 0 aliphatic rings. The highest BCUT2D eigenvalue weighted by atomic mass is 31.2. The Labute approximate surface area is 527 Å². The second kappa shape index (κ2) is 66.9. The molecule has 504 valence electrons. The third kappa shape index (κ3) is 69.0. The van der Waals surface area contributed by atoms with E-state index in [1.165, 1.54) is 360 Å². The average molecular weight is 1210 g/mol. The molecule has 3 N–H and O–H groups in total. The molecule has 0 aromatic heterocycles. The molecule has 0 saturated carbocycles. The van der Waals surface area contributed by atoms with Gasteiger partial charge in [0.2, 0.25) is 5.91 Å². The second-order valence-electron chi connectivity index (χ2n) is 28.1. The fourth-order valence-electron chi connectivity index (χ4n) is 12.4. The summed E-state index contributed by atoms with van der Waals surface area (Å²) in [6.45, 7) is 4.98. The van der Waals surface area contributed by atoms with Crippen molar-refractivity contribution in [2.45, 2.75) is 437 Å². The van der Waals surface area contributed by atoms with Crippen LogP contribution in [0.2, 0.25) is 0 Å². The molecule has 3 atom stereocenters. The van der Waals surface area contributed by atoms with Gasteiger partial charge in [-0.1, -0.05) is 406 Å². The number of rotatable bonds is 73. The highest BCUT2D eigenvalue weighted by Crippen LogP contribution is 2.43. The van der Waals surface area contributed by atoms with E-state index in [1.807, 2.05) is 21.1 Å². The summed E-state index contributed by atoms with van der Waals surface area (Å²) < 4.78 is 23.9. The van der Waals surface area contributed by atoms with Crippen LogP contribution < -0.4 is 5.32 Å². The van der Waals surface area contributed by atoms with Crippen LogP contribution in [0.3, 0.4) is 0 Å². The van der Waals surface area contributed by atoms with Gasteiger partial charge in [0.15, 0.2) is 0 Å². The molecule has 0 aliphatic carbocycles. The molecule has 9 heteroatoms. The molecular formula is C75H154N2O6P+. The van der Waals surface area contributed by atoms with Crippen molar-refractivity contribution in [2.24, 2.45) is 0 Å². The Morgan fingerprint density at radius 3 is 0.798 bits per heavy atom. The van der Waals surface area contributed by atoms with E-state index < -0.39 is 20.0 Å². The molecule has 0 aromatic carbocycles. The van der Waals surface area contributed by atoms with Gasteiger partial charge in [-0.15, -0.1) is 0 Å². The first-order valence-electron chi connectivity index (χ1n) is 38.4. The number of aliphatic hydroxyl groups excluding tert-OH is 1. The first-order chi connectivity index (χ1) is 41.0. The molecule has 0 aliphatic heterocycles. The number of amides is 1. The summed E-state index contributed by atoms with van der Waals surface area (Å²) in [5.74, 6) is -0.132. The highest BCUT2D eigenvalue weighted by Gasteiger charge is 2.28. The zero-order chi connectivity index (χ0) is 61.2. The van der Waals surface area contributed by atoms with E-state index in [9.17, 15) is 19.4 Å². The zero-order valence-electron chi connectivity index (χ0n) is 58.0. The largest absolute Gasteiger partial charge is 0.472 e. The number of carbonyl (C=O) groups excluding carboxylic acids is 1. The van der Waals surface area contributed by atoms with Crippen LogP contribution >= 0.6 is 7.82 Å². The maximum Gasteiger partial charge on any atom is 0.472 e. The van der Waals surface area contributed by atoms with Gasteiger partial charge >= 0.3 is 7.82 Å². The number of quaternary nitrogens is 1. The van der Waals surface area contributed by atoms with Crippen LogP contribution in [0.25, 0.3) is 0 Å². The van der Waals surface area contributed by atoms with Crippen molar-refractivity contribution in [2.75, 3.05) is 40.9 Å². The van der Waals surface area contributed by atoms with Crippen LogP contribution in [-0.4, -0.2) is 73.4 Å². The Hall–Kier alpha value is -0.500. The van der Waals surface area contributed by atoms with E-state index in [0.717, 1.165) is 38.5 Å². The molecule has 0 saturated heterocycles. The minimum atomic E-state index is -4.33. The molecule has 0 aromatic rings. The maximum atomic E-state index is 13.1. The lowest BCUT2D eigenvalue weighted by molar-refractivity contribution is -0.870. The van der Waals surface area contributed by atoms with Crippen LogP contribution in [0.5, 0.6) is 0 Å². The first kappa shape index (κ1) is 83.5. The number of phosphoric ester groups is 1. The summed E-state index contributed by atoms with van der Waals surface area (Å²) in [4.78, 5) is 23.5. The monoisotopic (exact) mass is 1210 g/mol. The second-order valence-corrected chi connectivity index (χ2v) is 29.6. The number of nitrogens with zero attached hydrogens (tertiary/aromatic N) is 1. The molecule has 0 fully saturated rings. The lowest BCUT2D eigenvalue weighted by atomic mass is 10.0. The predicted octanol–water partition coefficient (Wildman–Crippen LogP) is 24.7. The standard InChI is InChI=1S/C75H153N2O6P/c1-6-8-10-12-14-16-18-20-22-24-26-28-30-32-34-36-38-39-40-42-44-46-48-50-52-54-56-58-60-62-64-66-68-74(78)73(72-83-84(80,81)82-71-70-77(3,4)5)76-75(79)69-67-65-63-61-59-57-55-53-51-49-47-45-43-41-37-35-33-31-29-27-25-23-21-19-17-15-13-11-9-7-2/h73-74,78H,6-72H2,1-5H3,(H-,76,79,80,81)/p+1. The van der Waals surface area contributed by atoms with E-state index in [4.69, 9.17) is 9.05 Å². The van der Waals surface area contributed by atoms with Crippen molar-refractivity contribution in [1.82, 2.24) is 5.32 Å². The number of likely N-dealkylation sites (N-methyl/N-ethyl adjacent to an activating group) is 1. The summed E-state index contributed by atoms with van der Waals surface area (Å²) in [5, 5.41) is 14.2. The third-order valence-corrected chi connectivity index (χ3v) is 19.3. The fourth-order valence-corrected chi connectivity index (χ4v) is 13.1. The molecule has 0 radical (unpaired) electrons. The number of hydrogen-bond donors (Lipinski definition) is 3. The number of phosphoric acid groups is 1. The van der Waals surface area contributed by atoms with Gasteiger partial charge in [-0.05, 0) is 12.8 Å². The summed E-state index contributed by atoms with van der Waals surface area (Å²) in [6, 6.07) is -0.757.